The van der Waals surface area contributed by atoms with Gasteiger partial charge in [0.25, 0.3) is 5.91 Å². The number of fused-ring (bicyclic) bond motifs is 1. The normalized spacial score (nSPS) is 17.8. The van der Waals surface area contributed by atoms with Crippen LogP contribution in [0, 0.1) is 0 Å². The van der Waals surface area contributed by atoms with Crippen molar-refractivity contribution in [3.63, 3.8) is 0 Å². The molecule has 8 nitrogen and oxygen atoms in total. The van der Waals surface area contributed by atoms with Crippen LogP contribution in [0.15, 0.2) is 27.4 Å². The molecule has 0 unspecified atom stereocenters. The molecule has 0 saturated carbocycles. The summed E-state index contributed by atoms with van der Waals surface area (Å²) in [4.78, 5) is 40.7. The second kappa shape index (κ2) is 6.95. The smallest absolute Gasteiger partial charge is 0.408 e. The van der Waals surface area contributed by atoms with Crippen LogP contribution in [-0.2, 0) is 11.3 Å². The van der Waals surface area contributed by atoms with E-state index in [4.69, 9.17) is 4.42 Å². The number of nitrogens with zero attached hydrogens (tertiary/aromatic N) is 3. The number of amides is 2. The number of likely N-dealkylation sites (tertiary alicyclic amines) is 1. The van der Waals surface area contributed by atoms with Crippen molar-refractivity contribution in [2.45, 2.75) is 19.4 Å². The molecular formula is C18H22N4O4. The van der Waals surface area contributed by atoms with Crippen molar-refractivity contribution in [3.8, 4) is 0 Å². The topological polar surface area (TPSA) is 87.8 Å². The molecule has 26 heavy (non-hydrogen) atoms. The van der Waals surface area contributed by atoms with Gasteiger partial charge in [-0.3, -0.25) is 14.2 Å². The van der Waals surface area contributed by atoms with Gasteiger partial charge in [-0.25, -0.2) is 4.79 Å². The summed E-state index contributed by atoms with van der Waals surface area (Å²) in [5.74, 6) is -0.718. The standard InChI is InChI=1S/C18H22N4O4/c23-16(20-7-1-2-8-20)12-22-14-4-3-13(11-15(14)26-18(22)25)17(24)21-9-5-19-6-10-21/h3-4,11,19H,1-2,5-10,12H2. The molecular weight excluding hydrogens is 336 g/mol. The fraction of sp³-hybridized carbons (Fsp3) is 0.500. The van der Waals surface area contributed by atoms with Crippen molar-refractivity contribution in [2.24, 2.45) is 0 Å². The first-order valence-corrected chi connectivity index (χ1v) is 9.04. The molecule has 0 radical (unpaired) electrons. The van der Waals surface area contributed by atoms with Crippen LogP contribution in [0.25, 0.3) is 11.1 Å². The van der Waals surface area contributed by atoms with Gasteiger partial charge in [0.1, 0.15) is 6.54 Å². The molecule has 0 spiro atoms. The Balaban J connectivity index is 1.58. The first kappa shape index (κ1) is 16.8. The van der Waals surface area contributed by atoms with Gasteiger partial charge in [0, 0.05) is 44.8 Å². The summed E-state index contributed by atoms with van der Waals surface area (Å²) in [6.45, 7) is 4.32. The zero-order chi connectivity index (χ0) is 18.1. The Labute approximate surface area is 150 Å². The van der Waals surface area contributed by atoms with Gasteiger partial charge in [0.2, 0.25) is 5.91 Å². The maximum absolute atomic E-state index is 12.6. The van der Waals surface area contributed by atoms with Gasteiger partial charge in [-0.15, -0.1) is 0 Å². The van der Waals surface area contributed by atoms with Crippen molar-refractivity contribution in [3.05, 3.63) is 34.3 Å². The van der Waals surface area contributed by atoms with Crippen LogP contribution in [-0.4, -0.2) is 65.4 Å². The van der Waals surface area contributed by atoms with Crippen molar-refractivity contribution >= 4 is 22.9 Å². The van der Waals surface area contributed by atoms with E-state index in [1.165, 1.54) is 4.57 Å². The molecule has 0 atom stereocenters. The molecule has 0 aliphatic carbocycles. The maximum atomic E-state index is 12.6. The predicted octanol–water partition coefficient (Wildman–Crippen LogP) is 0.262. The number of carbonyl (C=O) groups is 2. The van der Waals surface area contributed by atoms with E-state index in [1.807, 2.05) is 0 Å². The first-order valence-electron chi connectivity index (χ1n) is 9.04. The Morgan fingerprint density at radius 2 is 1.77 bits per heavy atom. The minimum atomic E-state index is -0.570. The molecule has 2 aromatic rings. The van der Waals surface area contributed by atoms with Gasteiger partial charge >= 0.3 is 5.76 Å². The summed E-state index contributed by atoms with van der Waals surface area (Å²) >= 11 is 0. The number of rotatable bonds is 3. The predicted molar refractivity (Wildman–Crippen MR) is 95.1 cm³/mol. The van der Waals surface area contributed by atoms with Gasteiger partial charge in [-0.2, -0.15) is 0 Å². The number of carbonyl (C=O) groups excluding carboxylic acids is 2. The Morgan fingerprint density at radius 1 is 1.04 bits per heavy atom. The fourth-order valence-electron chi connectivity index (χ4n) is 3.60. The molecule has 0 bridgehead atoms. The Hall–Kier alpha value is -2.61. The van der Waals surface area contributed by atoms with Crippen LogP contribution < -0.4 is 11.1 Å². The Morgan fingerprint density at radius 3 is 2.50 bits per heavy atom. The molecule has 2 fully saturated rings. The summed E-state index contributed by atoms with van der Waals surface area (Å²) in [5, 5.41) is 3.21. The number of nitrogens with one attached hydrogen (secondary N) is 1. The minimum absolute atomic E-state index is 0.0308. The quantitative estimate of drug-likeness (QED) is 0.851. The highest BCUT2D eigenvalue weighted by molar-refractivity contribution is 5.97. The third kappa shape index (κ3) is 3.12. The minimum Gasteiger partial charge on any atom is -0.408 e. The number of hydrogen-bond acceptors (Lipinski definition) is 5. The molecule has 2 aliphatic rings. The van der Waals surface area contributed by atoms with E-state index in [0.717, 1.165) is 39.0 Å². The lowest BCUT2D eigenvalue weighted by Crippen LogP contribution is -2.46. The molecule has 2 aliphatic heterocycles. The van der Waals surface area contributed by atoms with Crippen LogP contribution in [0.2, 0.25) is 0 Å². The lowest BCUT2D eigenvalue weighted by Gasteiger charge is -2.27. The SMILES string of the molecule is O=C(Cn1c(=O)oc2cc(C(=O)N3CCNCC3)ccc21)N1CCCC1. The zero-order valence-electron chi connectivity index (χ0n) is 14.6. The number of hydrogen-bond donors (Lipinski definition) is 1. The Kier molecular flexibility index (Phi) is 4.50. The van der Waals surface area contributed by atoms with Gasteiger partial charge < -0.3 is 19.5 Å². The lowest BCUT2D eigenvalue weighted by molar-refractivity contribution is -0.130. The van der Waals surface area contributed by atoms with Crippen molar-refractivity contribution in [2.75, 3.05) is 39.3 Å². The molecule has 1 N–H and O–H groups in total. The fourth-order valence-corrected chi connectivity index (χ4v) is 3.60. The van der Waals surface area contributed by atoms with E-state index in [1.54, 1.807) is 28.0 Å². The number of benzene rings is 1. The van der Waals surface area contributed by atoms with Crippen LogP contribution in [0.5, 0.6) is 0 Å². The molecule has 2 saturated heterocycles. The summed E-state index contributed by atoms with van der Waals surface area (Å²) in [6.07, 6.45) is 2.01. The highest BCUT2D eigenvalue weighted by Gasteiger charge is 2.22. The molecule has 3 heterocycles. The van der Waals surface area contributed by atoms with Gasteiger partial charge in [-0.05, 0) is 31.0 Å². The first-order chi connectivity index (χ1) is 12.6. The van der Waals surface area contributed by atoms with Crippen LogP contribution >= 0.6 is 0 Å². The second-order valence-electron chi connectivity index (χ2n) is 6.77. The van der Waals surface area contributed by atoms with Gasteiger partial charge in [0.15, 0.2) is 5.58 Å². The molecule has 8 heteroatoms. The van der Waals surface area contributed by atoms with Crippen LogP contribution in [0.1, 0.15) is 23.2 Å². The number of piperazine rings is 1. The lowest BCUT2D eigenvalue weighted by atomic mass is 10.1. The van der Waals surface area contributed by atoms with Gasteiger partial charge in [0.05, 0.1) is 5.52 Å². The highest BCUT2D eigenvalue weighted by Crippen LogP contribution is 2.18. The maximum Gasteiger partial charge on any atom is 0.420 e. The monoisotopic (exact) mass is 358 g/mol. The van der Waals surface area contributed by atoms with Crippen molar-refractivity contribution < 1.29 is 14.0 Å². The van der Waals surface area contributed by atoms with E-state index >= 15 is 0 Å². The van der Waals surface area contributed by atoms with Crippen LogP contribution in [0.4, 0.5) is 0 Å². The van der Waals surface area contributed by atoms with E-state index in [0.29, 0.717) is 29.8 Å². The van der Waals surface area contributed by atoms with E-state index < -0.39 is 5.76 Å². The third-order valence-corrected chi connectivity index (χ3v) is 5.07. The average Bonchev–Trinajstić information content (AvgIpc) is 3.30. The summed E-state index contributed by atoms with van der Waals surface area (Å²) < 4.78 is 6.64. The number of oxazole rings is 1. The second-order valence-corrected chi connectivity index (χ2v) is 6.77. The third-order valence-electron chi connectivity index (χ3n) is 5.07. The van der Waals surface area contributed by atoms with Crippen molar-refractivity contribution in [1.82, 2.24) is 19.7 Å². The largest absolute Gasteiger partial charge is 0.420 e. The average molecular weight is 358 g/mol. The van der Waals surface area contributed by atoms with Crippen LogP contribution in [0.3, 0.4) is 0 Å². The van der Waals surface area contributed by atoms with E-state index in [9.17, 15) is 14.4 Å². The summed E-state index contributed by atoms with van der Waals surface area (Å²) in [6, 6.07) is 4.98. The highest BCUT2D eigenvalue weighted by atomic mass is 16.4. The molecule has 138 valence electrons. The van der Waals surface area contributed by atoms with E-state index in [-0.39, 0.29) is 18.4 Å². The molecule has 1 aromatic heterocycles. The molecule has 2 amide bonds. The van der Waals surface area contributed by atoms with Gasteiger partial charge in [-0.1, -0.05) is 0 Å². The zero-order valence-corrected chi connectivity index (χ0v) is 14.6. The van der Waals surface area contributed by atoms with Crippen molar-refractivity contribution in [1.29, 1.82) is 0 Å². The summed E-state index contributed by atoms with van der Waals surface area (Å²) in [5.41, 5.74) is 1.37. The summed E-state index contributed by atoms with van der Waals surface area (Å²) in [7, 11) is 0. The molecule has 1 aromatic carbocycles. The molecule has 4 rings (SSSR count). The van der Waals surface area contributed by atoms with E-state index in [2.05, 4.69) is 5.32 Å². The number of aromatic nitrogens is 1. The Bertz CT molecular complexity index is 888.